The van der Waals surface area contributed by atoms with Crippen molar-refractivity contribution in [3.05, 3.63) is 35.6 Å². The third-order valence-electron chi connectivity index (χ3n) is 4.24. The second-order valence-corrected chi connectivity index (χ2v) is 8.27. The quantitative estimate of drug-likeness (QED) is 0.756. The Bertz CT molecular complexity index is 644. The molecule has 22 heavy (non-hydrogen) atoms. The van der Waals surface area contributed by atoms with Crippen molar-refractivity contribution in [1.29, 1.82) is 0 Å². The first kappa shape index (κ1) is 16.1. The Labute approximate surface area is 142 Å². The molecular formula is C18H23ClN2S. The molecule has 1 saturated heterocycles. The lowest BCUT2D eigenvalue weighted by atomic mass is 10.1. The lowest BCUT2D eigenvalue weighted by molar-refractivity contribution is 0.314. The molecule has 1 aliphatic rings. The molecule has 2 heterocycles. The maximum atomic E-state index is 6.46. The Balaban J connectivity index is 1.65. The standard InChI is InChI=1S/C18H23ClN2S/c1-13(2)4-7-21-8-5-16(12-21)22-18-10-14-3-6-20-11-15(14)9-17(18)19/h3,6,9-11,13,16H,4-5,7-8,12H2,1-2H3/t16-/m0/s1. The highest BCUT2D eigenvalue weighted by Crippen LogP contribution is 2.36. The highest BCUT2D eigenvalue weighted by atomic mass is 35.5. The number of fused-ring (bicyclic) bond motifs is 1. The van der Waals surface area contributed by atoms with Crippen molar-refractivity contribution in [2.45, 2.75) is 36.8 Å². The molecule has 1 atom stereocenters. The number of nitrogens with zero attached hydrogens (tertiary/aromatic N) is 2. The van der Waals surface area contributed by atoms with Crippen LogP contribution in [0.15, 0.2) is 35.5 Å². The van der Waals surface area contributed by atoms with Gasteiger partial charge in [-0.05, 0) is 55.4 Å². The summed E-state index contributed by atoms with van der Waals surface area (Å²) in [4.78, 5) is 7.96. The van der Waals surface area contributed by atoms with E-state index < -0.39 is 0 Å². The SMILES string of the molecule is CC(C)CCN1CC[C@H](Sc2cc3ccncc3cc2Cl)C1. The number of likely N-dealkylation sites (tertiary alicyclic amines) is 1. The molecule has 2 aromatic rings. The van der Waals surface area contributed by atoms with Crippen molar-refractivity contribution < 1.29 is 0 Å². The summed E-state index contributed by atoms with van der Waals surface area (Å²) in [6, 6.07) is 6.30. The zero-order valence-corrected chi connectivity index (χ0v) is 14.8. The van der Waals surface area contributed by atoms with E-state index in [4.69, 9.17) is 11.6 Å². The molecule has 4 heteroatoms. The van der Waals surface area contributed by atoms with Gasteiger partial charge in [0.2, 0.25) is 0 Å². The van der Waals surface area contributed by atoms with Gasteiger partial charge in [0.15, 0.2) is 0 Å². The van der Waals surface area contributed by atoms with Crippen LogP contribution < -0.4 is 0 Å². The van der Waals surface area contributed by atoms with Gasteiger partial charge in [0.1, 0.15) is 0 Å². The van der Waals surface area contributed by atoms with Gasteiger partial charge in [-0.25, -0.2) is 0 Å². The van der Waals surface area contributed by atoms with E-state index in [-0.39, 0.29) is 0 Å². The number of hydrogen-bond donors (Lipinski definition) is 0. The smallest absolute Gasteiger partial charge is 0.0548 e. The third-order valence-corrected chi connectivity index (χ3v) is 5.97. The highest BCUT2D eigenvalue weighted by Gasteiger charge is 2.23. The molecule has 1 aliphatic heterocycles. The number of rotatable bonds is 5. The summed E-state index contributed by atoms with van der Waals surface area (Å²) in [5.74, 6) is 0.787. The fraction of sp³-hybridized carbons (Fsp3) is 0.500. The van der Waals surface area contributed by atoms with Crippen LogP contribution >= 0.6 is 23.4 Å². The summed E-state index contributed by atoms with van der Waals surface area (Å²) in [6.45, 7) is 8.23. The predicted octanol–water partition coefficient (Wildman–Crippen LogP) is 5.10. The molecule has 0 spiro atoms. The van der Waals surface area contributed by atoms with Crippen molar-refractivity contribution in [2.75, 3.05) is 19.6 Å². The molecule has 2 nitrogen and oxygen atoms in total. The van der Waals surface area contributed by atoms with E-state index in [1.807, 2.05) is 30.2 Å². The Morgan fingerprint density at radius 3 is 3.05 bits per heavy atom. The van der Waals surface area contributed by atoms with E-state index >= 15 is 0 Å². The number of halogens is 1. The summed E-state index contributed by atoms with van der Waals surface area (Å²) in [5, 5.41) is 3.84. The van der Waals surface area contributed by atoms with Crippen LogP contribution in [0, 0.1) is 5.92 Å². The maximum absolute atomic E-state index is 6.46. The Kier molecular flexibility index (Phi) is 5.27. The van der Waals surface area contributed by atoms with E-state index in [0.717, 1.165) is 16.3 Å². The molecule has 1 fully saturated rings. The molecule has 0 saturated carbocycles. The van der Waals surface area contributed by atoms with Crippen LogP contribution in [0.25, 0.3) is 10.8 Å². The van der Waals surface area contributed by atoms with Gasteiger partial charge in [0, 0.05) is 34.5 Å². The maximum Gasteiger partial charge on any atom is 0.0548 e. The van der Waals surface area contributed by atoms with Crippen molar-refractivity contribution in [3.8, 4) is 0 Å². The zero-order valence-electron chi connectivity index (χ0n) is 13.3. The molecule has 1 aromatic carbocycles. The van der Waals surface area contributed by atoms with Gasteiger partial charge < -0.3 is 4.90 Å². The van der Waals surface area contributed by atoms with Gasteiger partial charge in [0.25, 0.3) is 0 Å². The largest absolute Gasteiger partial charge is 0.302 e. The summed E-state index contributed by atoms with van der Waals surface area (Å²) in [6.07, 6.45) is 6.27. The van der Waals surface area contributed by atoms with Crippen molar-refractivity contribution in [3.63, 3.8) is 0 Å². The Morgan fingerprint density at radius 2 is 2.23 bits per heavy atom. The summed E-state index contributed by atoms with van der Waals surface area (Å²) < 4.78 is 0. The van der Waals surface area contributed by atoms with Gasteiger partial charge in [-0.3, -0.25) is 4.98 Å². The van der Waals surface area contributed by atoms with Crippen molar-refractivity contribution in [1.82, 2.24) is 9.88 Å². The van der Waals surface area contributed by atoms with E-state index in [0.29, 0.717) is 5.25 Å². The van der Waals surface area contributed by atoms with E-state index in [2.05, 4.69) is 35.9 Å². The minimum absolute atomic E-state index is 0.656. The normalized spacial score (nSPS) is 19.4. The first-order chi connectivity index (χ1) is 10.6. The summed E-state index contributed by atoms with van der Waals surface area (Å²) >= 11 is 8.40. The van der Waals surface area contributed by atoms with Crippen molar-refractivity contribution in [2.24, 2.45) is 5.92 Å². The fourth-order valence-corrected chi connectivity index (χ4v) is 4.43. The van der Waals surface area contributed by atoms with Crippen LogP contribution in [-0.4, -0.2) is 34.8 Å². The van der Waals surface area contributed by atoms with Crippen LogP contribution in [-0.2, 0) is 0 Å². The lowest BCUT2D eigenvalue weighted by Crippen LogP contribution is -2.23. The number of thioether (sulfide) groups is 1. The first-order valence-electron chi connectivity index (χ1n) is 8.04. The third kappa shape index (κ3) is 3.95. The second kappa shape index (κ2) is 7.20. The monoisotopic (exact) mass is 334 g/mol. The van der Waals surface area contributed by atoms with Crippen LogP contribution in [0.1, 0.15) is 26.7 Å². The Morgan fingerprint density at radius 1 is 1.36 bits per heavy atom. The molecule has 0 bridgehead atoms. The van der Waals surface area contributed by atoms with Crippen LogP contribution in [0.5, 0.6) is 0 Å². The summed E-state index contributed by atoms with van der Waals surface area (Å²) in [7, 11) is 0. The zero-order chi connectivity index (χ0) is 15.5. The predicted molar refractivity (Wildman–Crippen MR) is 96.9 cm³/mol. The molecule has 0 amide bonds. The molecule has 0 unspecified atom stereocenters. The number of aromatic nitrogens is 1. The number of hydrogen-bond acceptors (Lipinski definition) is 3. The van der Waals surface area contributed by atoms with E-state index in [1.165, 1.54) is 42.8 Å². The molecule has 0 aliphatic carbocycles. The summed E-state index contributed by atoms with van der Waals surface area (Å²) in [5.41, 5.74) is 0. The van der Waals surface area contributed by atoms with Crippen LogP contribution in [0.2, 0.25) is 5.02 Å². The lowest BCUT2D eigenvalue weighted by Gasteiger charge is -2.17. The van der Waals surface area contributed by atoms with Crippen LogP contribution in [0.3, 0.4) is 0 Å². The van der Waals surface area contributed by atoms with E-state index in [1.54, 1.807) is 0 Å². The number of benzene rings is 1. The van der Waals surface area contributed by atoms with Gasteiger partial charge in [-0.1, -0.05) is 25.4 Å². The minimum atomic E-state index is 0.656. The average Bonchev–Trinajstić information content (AvgIpc) is 2.93. The fourth-order valence-electron chi connectivity index (χ4n) is 2.89. The topological polar surface area (TPSA) is 16.1 Å². The molecule has 1 aromatic heterocycles. The van der Waals surface area contributed by atoms with Crippen LogP contribution in [0.4, 0.5) is 0 Å². The van der Waals surface area contributed by atoms with E-state index in [9.17, 15) is 0 Å². The molecule has 118 valence electrons. The average molecular weight is 335 g/mol. The molecular weight excluding hydrogens is 312 g/mol. The van der Waals surface area contributed by atoms with Gasteiger partial charge >= 0.3 is 0 Å². The Hall–Kier alpha value is -0.770. The highest BCUT2D eigenvalue weighted by molar-refractivity contribution is 8.00. The van der Waals surface area contributed by atoms with Crippen molar-refractivity contribution >= 4 is 34.1 Å². The van der Waals surface area contributed by atoms with Gasteiger partial charge in [-0.2, -0.15) is 0 Å². The first-order valence-corrected chi connectivity index (χ1v) is 9.30. The van der Waals surface area contributed by atoms with Gasteiger partial charge in [-0.15, -0.1) is 11.8 Å². The second-order valence-electron chi connectivity index (χ2n) is 6.52. The van der Waals surface area contributed by atoms with Gasteiger partial charge in [0.05, 0.1) is 5.02 Å². The number of pyridine rings is 1. The minimum Gasteiger partial charge on any atom is -0.302 e. The molecule has 3 rings (SSSR count). The molecule has 0 radical (unpaired) electrons. The molecule has 0 N–H and O–H groups in total.